The molecule has 0 heterocycles. The highest BCUT2D eigenvalue weighted by molar-refractivity contribution is 6.14. The summed E-state index contributed by atoms with van der Waals surface area (Å²) < 4.78 is 10.6. The normalized spacial score (nSPS) is 19.4. The Balaban J connectivity index is 3.14. The van der Waals surface area contributed by atoms with Crippen LogP contribution in [0.5, 0.6) is 0 Å². The van der Waals surface area contributed by atoms with E-state index in [1.807, 2.05) is 52.0 Å². The van der Waals surface area contributed by atoms with Gasteiger partial charge in [-0.05, 0) is 24.2 Å². The fourth-order valence-corrected chi connectivity index (χ4v) is 2.47. The molecule has 1 rings (SSSR count). The van der Waals surface area contributed by atoms with Crippen molar-refractivity contribution in [3.63, 3.8) is 0 Å². The number of hydrogen-bond donors (Lipinski definition) is 0. The minimum Gasteiger partial charge on any atom is -0.462 e. The van der Waals surface area contributed by atoms with Gasteiger partial charge in [0.1, 0.15) is 5.57 Å². The Morgan fingerprint density at radius 1 is 0.960 bits per heavy atom. The van der Waals surface area contributed by atoms with Crippen molar-refractivity contribution in [2.24, 2.45) is 23.2 Å². The Morgan fingerprint density at radius 3 is 1.84 bits per heavy atom. The van der Waals surface area contributed by atoms with Crippen LogP contribution in [0.4, 0.5) is 0 Å². The zero-order valence-electron chi connectivity index (χ0n) is 16.4. The fourth-order valence-electron chi connectivity index (χ4n) is 2.47. The Morgan fingerprint density at radius 2 is 1.48 bits per heavy atom. The maximum atomic E-state index is 12.5. The molecular formula is C21H32O4. The van der Waals surface area contributed by atoms with Crippen LogP contribution in [-0.2, 0) is 19.1 Å². The van der Waals surface area contributed by atoms with Gasteiger partial charge in [-0.1, -0.05) is 71.9 Å². The minimum absolute atomic E-state index is 0.00468. The first kappa shape index (κ1) is 21.2. The van der Waals surface area contributed by atoms with Crippen LogP contribution in [-0.4, -0.2) is 25.2 Å². The van der Waals surface area contributed by atoms with Gasteiger partial charge in [-0.2, -0.15) is 0 Å². The SMILES string of the molecule is CC(C)COC(=O)C(=CC1(C(C)C)C=CC=CC1)C(=O)OCC(C)C. The van der Waals surface area contributed by atoms with Gasteiger partial charge in [0.15, 0.2) is 0 Å². The second kappa shape index (κ2) is 9.59. The summed E-state index contributed by atoms with van der Waals surface area (Å²) in [5.74, 6) is -0.586. The lowest BCUT2D eigenvalue weighted by molar-refractivity contribution is -0.148. The van der Waals surface area contributed by atoms with E-state index in [-0.39, 0.29) is 36.5 Å². The molecule has 4 heteroatoms. The lowest BCUT2D eigenvalue weighted by Crippen LogP contribution is -2.28. The molecule has 0 amide bonds. The third-order valence-corrected chi connectivity index (χ3v) is 4.15. The van der Waals surface area contributed by atoms with Crippen molar-refractivity contribution < 1.29 is 19.1 Å². The molecule has 0 radical (unpaired) electrons. The fraction of sp³-hybridized carbons (Fsp3) is 0.619. The van der Waals surface area contributed by atoms with Crippen LogP contribution in [0, 0.1) is 23.2 Å². The van der Waals surface area contributed by atoms with Crippen molar-refractivity contribution in [2.45, 2.75) is 48.0 Å². The highest BCUT2D eigenvalue weighted by Gasteiger charge is 2.33. The van der Waals surface area contributed by atoms with Gasteiger partial charge in [0.05, 0.1) is 13.2 Å². The summed E-state index contributed by atoms with van der Waals surface area (Å²) in [5.41, 5.74) is -0.396. The van der Waals surface area contributed by atoms with E-state index in [1.54, 1.807) is 6.08 Å². The molecule has 1 aliphatic rings. The molecule has 0 fully saturated rings. The van der Waals surface area contributed by atoms with E-state index < -0.39 is 17.4 Å². The predicted molar refractivity (Wildman–Crippen MR) is 99.8 cm³/mol. The highest BCUT2D eigenvalue weighted by Crippen LogP contribution is 2.38. The van der Waals surface area contributed by atoms with Crippen LogP contribution in [0.15, 0.2) is 36.0 Å². The highest BCUT2D eigenvalue weighted by atomic mass is 16.6. The van der Waals surface area contributed by atoms with Gasteiger partial charge in [-0.25, -0.2) is 9.59 Å². The number of hydrogen-bond acceptors (Lipinski definition) is 4. The molecule has 4 nitrogen and oxygen atoms in total. The summed E-state index contributed by atoms with van der Waals surface area (Å²) >= 11 is 0. The zero-order valence-corrected chi connectivity index (χ0v) is 16.4. The van der Waals surface area contributed by atoms with Gasteiger partial charge in [-0.15, -0.1) is 0 Å². The summed E-state index contributed by atoms with van der Waals surface area (Å²) in [6, 6.07) is 0. The molecule has 0 aliphatic heterocycles. The second-order valence-corrected chi connectivity index (χ2v) is 7.80. The lowest BCUT2D eigenvalue weighted by Gasteiger charge is -2.33. The summed E-state index contributed by atoms with van der Waals surface area (Å²) in [6.45, 7) is 12.5. The van der Waals surface area contributed by atoms with Crippen molar-refractivity contribution in [1.82, 2.24) is 0 Å². The van der Waals surface area contributed by atoms with Crippen molar-refractivity contribution in [2.75, 3.05) is 13.2 Å². The molecule has 0 aromatic carbocycles. The first-order valence-electron chi connectivity index (χ1n) is 9.09. The number of allylic oxidation sites excluding steroid dienone is 5. The molecule has 25 heavy (non-hydrogen) atoms. The molecule has 140 valence electrons. The van der Waals surface area contributed by atoms with Crippen LogP contribution < -0.4 is 0 Å². The third kappa shape index (κ3) is 6.52. The van der Waals surface area contributed by atoms with E-state index in [9.17, 15) is 9.59 Å². The average Bonchev–Trinajstić information content (AvgIpc) is 2.56. The summed E-state index contributed by atoms with van der Waals surface area (Å²) in [5, 5.41) is 0. The van der Waals surface area contributed by atoms with Gasteiger partial charge in [-0.3, -0.25) is 0 Å². The first-order chi connectivity index (χ1) is 11.7. The number of carbonyl (C=O) groups is 2. The molecule has 0 aromatic heterocycles. The molecule has 0 spiro atoms. The Bertz CT molecular complexity index is 526. The molecule has 0 bridgehead atoms. The molecule has 0 aromatic rings. The van der Waals surface area contributed by atoms with Crippen LogP contribution in [0.25, 0.3) is 0 Å². The smallest absolute Gasteiger partial charge is 0.345 e. The van der Waals surface area contributed by atoms with E-state index in [2.05, 4.69) is 13.8 Å². The molecule has 0 N–H and O–H groups in total. The summed E-state index contributed by atoms with van der Waals surface area (Å²) in [6.07, 6.45) is 10.5. The van der Waals surface area contributed by atoms with E-state index in [1.165, 1.54) is 0 Å². The number of ether oxygens (including phenoxy) is 2. The summed E-state index contributed by atoms with van der Waals surface area (Å²) in [7, 11) is 0. The van der Waals surface area contributed by atoms with Crippen LogP contribution >= 0.6 is 0 Å². The molecule has 1 aliphatic carbocycles. The quantitative estimate of drug-likeness (QED) is 0.281. The van der Waals surface area contributed by atoms with Gasteiger partial charge < -0.3 is 9.47 Å². The zero-order chi connectivity index (χ0) is 19.0. The lowest BCUT2D eigenvalue weighted by atomic mass is 9.71. The van der Waals surface area contributed by atoms with Crippen molar-refractivity contribution in [3.05, 3.63) is 36.0 Å². The number of carbonyl (C=O) groups excluding carboxylic acids is 2. The number of esters is 2. The topological polar surface area (TPSA) is 52.6 Å². The van der Waals surface area contributed by atoms with Crippen LogP contribution in [0.3, 0.4) is 0 Å². The van der Waals surface area contributed by atoms with Crippen LogP contribution in [0.1, 0.15) is 48.0 Å². The maximum Gasteiger partial charge on any atom is 0.345 e. The minimum atomic E-state index is -0.606. The Kier molecular flexibility index (Phi) is 8.14. The van der Waals surface area contributed by atoms with E-state index >= 15 is 0 Å². The molecule has 0 saturated heterocycles. The van der Waals surface area contributed by atoms with Gasteiger partial charge in [0, 0.05) is 5.41 Å². The number of rotatable bonds is 8. The van der Waals surface area contributed by atoms with E-state index in [0.717, 1.165) is 6.42 Å². The third-order valence-electron chi connectivity index (χ3n) is 4.15. The first-order valence-corrected chi connectivity index (χ1v) is 9.09. The monoisotopic (exact) mass is 348 g/mol. The molecule has 1 atom stereocenters. The van der Waals surface area contributed by atoms with Crippen LogP contribution in [0.2, 0.25) is 0 Å². The largest absolute Gasteiger partial charge is 0.462 e. The second-order valence-electron chi connectivity index (χ2n) is 7.80. The van der Waals surface area contributed by atoms with Gasteiger partial charge in [0.2, 0.25) is 0 Å². The van der Waals surface area contributed by atoms with Crippen molar-refractivity contribution >= 4 is 11.9 Å². The van der Waals surface area contributed by atoms with E-state index in [4.69, 9.17) is 9.47 Å². The van der Waals surface area contributed by atoms with Crippen molar-refractivity contribution in [3.8, 4) is 0 Å². The standard InChI is InChI=1S/C21H32O4/c1-15(2)13-24-19(22)18(20(23)25-14-16(3)4)12-21(17(5)6)10-8-7-9-11-21/h7-10,12,15-17H,11,13-14H2,1-6H3. The average molecular weight is 348 g/mol. The maximum absolute atomic E-state index is 12.5. The van der Waals surface area contributed by atoms with E-state index in [0.29, 0.717) is 0 Å². The molecule has 1 unspecified atom stereocenters. The summed E-state index contributed by atoms with van der Waals surface area (Å²) in [4.78, 5) is 25.1. The van der Waals surface area contributed by atoms with Gasteiger partial charge >= 0.3 is 11.9 Å². The Labute approximate surface area is 152 Å². The van der Waals surface area contributed by atoms with Gasteiger partial charge in [0.25, 0.3) is 0 Å². The Hall–Kier alpha value is -1.84. The predicted octanol–water partition coefficient (Wildman–Crippen LogP) is 4.47. The van der Waals surface area contributed by atoms with Crippen molar-refractivity contribution in [1.29, 1.82) is 0 Å². The molecule has 0 saturated carbocycles. The molecular weight excluding hydrogens is 316 g/mol.